The Morgan fingerprint density at radius 3 is 2.05 bits per heavy atom. The van der Waals surface area contributed by atoms with Crippen LogP contribution in [0.25, 0.3) is 0 Å². The van der Waals surface area contributed by atoms with Gasteiger partial charge in [-0.1, -0.05) is 90.0 Å². The number of esters is 1. The maximum absolute atomic E-state index is 15.3. The molecule has 1 aromatic rings. The number of phenols is 1. The minimum atomic E-state index is -2.45. The number of aromatic hydroxyl groups is 1. The number of carbonyl (C=O) groups excluding carboxylic acids is 13. The predicted octanol–water partition coefficient (Wildman–Crippen LogP) is -3.12. The number of hydrogen-bond acceptors (Lipinski definition) is 21. The number of aliphatic hydroxyl groups excluding tert-OH is 3. The molecule has 3 rings (SSSR count). The van der Waals surface area contributed by atoms with Crippen LogP contribution in [0.4, 0.5) is 0 Å². The third-order valence-electron chi connectivity index (χ3n) is 17.2. The van der Waals surface area contributed by atoms with E-state index in [2.05, 4.69) is 47.9 Å². The molecule has 33 heteroatoms. The maximum atomic E-state index is 15.3. The number of benzene rings is 1. The van der Waals surface area contributed by atoms with Crippen molar-refractivity contribution in [2.24, 2.45) is 29.4 Å². The number of piperidine rings is 1. The number of phenolic OH excluding ortho intramolecular Hbond substituents is 1. The Morgan fingerprint density at radius 1 is 0.859 bits per heavy atom. The van der Waals surface area contributed by atoms with Crippen molar-refractivity contribution in [3.05, 3.63) is 65.4 Å². The van der Waals surface area contributed by atoms with Crippen LogP contribution in [-0.4, -0.2) is 238 Å². The Morgan fingerprint density at radius 2 is 1.49 bits per heavy atom. The zero-order chi connectivity index (χ0) is 75.1. The first-order chi connectivity index (χ1) is 46.3. The van der Waals surface area contributed by atoms with E-state index in [-0.39, 0.29) is 30.2 Å². The van der Waals surface area contributed by atoms with E-state index in [4.69, 9.17) is 19.9 Å². The van der Waals surface area contributed by atoms with E-state index in [1.54, 1.807) is 6.92 Å². The summed E-state index contributed by atoms with van der Waals surface area (Å²) >= 11 is 0. The summed E-state index contributed by atoms with van der Waals surface area (Å²) in [5, 5.41) is 75.0. The lowest BCUT2D eigenvalue weighted by molar-refractivity contribution is -0.168. The van der Waals surface area contributed by atoms with Crippen LogP contribution in [0.2, 0.25) is 0 Å². The van der Waals surface area contributed by atoms with Crippen molar-refractivity contribution in [3.63, 3.8) is 0 Å². The Hall–Kier alpha value is -8.89. The van der Waals surface area contributed by atoms with Crippen LogP contribution in [-0.2, 0) is 76.5 Å². The van der Waals surface area contributed by atoms with E-state index >= 15 is 19.2 Å². The summed E-state index contributed by atoms with van der Waals surface area (Å²) in [5.41, 5.74) is 3.64. The number of nitrogens with one attached hydrogen (secondary N) is 9. The fraction of sp³-hybridized carbons (Fsp3) is 0.621. The first-order valence-electron chi connectivity index (χ1n) is 32.6. The van der Waals surface area contributed by atoms with E-state index in [1.165, 1.54) is 92.0 Å². The van der Waals surface area contributed by atoms with Gasteiger partial charge in [0.1, 0.15) is 78.1 Å². The molecule has 17 atom stereocenters. The standard InChI is InChI=1S/C66H102N12O21/c1-16-33(5)28-34(6)21-26-45(82)66(12,96)65(95)69-30-47(84)73-49(38(10)79)59(89)71-42(17-2)57(87)74-48(35(7)36(8)55(67)85)58(88)75-50-53(32(3)4)99-64(94)44-20-18-19-27-78(44)63(93)51(54(98-15)40-22-24-41(81)25-23-40)76-61(91)52(39(11)80)77(13)62(92)37(9)70-46(83)29-68-56(86)43(31-97-14)72-60(50)90/h17,21-26,28,32-33,35-39,43-45,48-54,79-82,96H,16,18-20,27,29-31H2,1-15H3,(H2,67,85)(H,68,86)(H,69,95)(H,70,83)(H,71,89)(H,72,90)(H,73,84)(H,74,87)(H,75,88)(H,76,91)/b26-21-,34-28+,42-17?/t33?,35-,36+,37-,38+,39+,43+,44-,45?,48-,49+,50+,51?,52?,53+,54?,66?/m0/s1. The summed E-state index contributed by atoms with van der Waals surface area (Å²) in [7, 11) is 3.54. The van der Waals surface area contributed by atoms with Gasteiger partial charge in [0.25, 0.3) is 11.8 Å². The van der Waals surface area contributed by atoms with Crippen molar-refractivity contribution in [1.29, 1.82) is 0 Å². The fourth-order valence-electron chi connectivity index (χ4n) is 10.8. The largest absolute Gasteiger partial charge is 0.508 e. The number of amides is 12. The molecule has 0 saturated carbocycles. The molecule has 6 unspecified atom stereocenters. The highest BCUT2D eigenvalue weighted by Gasteiger charge is 2.47. The van der Waals surface area contributed by atoms with Crippen LogP contribution in [0.5, 0.6) is 5.75 Å². The number of cyclic esters (lactones) is 1. The van der Waals surface area contributed by atoms with E-state index in [9.17, 15) is 68.7 Å². The van der Waals surface area contributed by atoms with Crippen LogP contribution in [0, 0.1) is 23.7 Å². The quantitative estimate of drug-likeness (QED) is 0.0248. The molecule has 0 bridgehead atoms. The molecule has 0 aliphatic carbocycles. The second-order valence-electron chi connectivity index (χ2n) is 25.5. The van der Waals surface area contributed by atoms with Crippen molar-refractivity contribution in [3.8, 4) is 5.75 Å². The maximum Gasteiger partial charge on any atom is 0.329 e. The lowest BCUT2D eigenvalue weighted by Crippen LogP contribution is -2.64. The summed E-state index contributed by atoms with van der Waals surface area (Å²) in [6.45, 7) is 14.7. The Balaban J connectivity index is 2.17. The SMILES string of the molecule is CC=C(NC(=O)[C@H](NC(=O)CNC(=O)C(C)(O)C(O)/C=C\C(C)=C\C(C)CC)[C@@H](C)O)C(=O)N[C@H](C(=O)N[C@H]1C(=O)N[C@H](COC)C(=O)NCC(=O)N[C@@H](C)C(=O)N(C)C([C@@H](C)O)C(=O)NC(C(OC)c2ccc(O)cc2)C(=O)N2CCCC[C@H]2C(=O)O[C@@H]1C(C)C)[C@@H](C)[C@@H](C)C(N)=O. The number of fused-ring (bicyclic) bond motifs is 1. The van der Waals surface area contributed by atoms with E-state index in [0.717, 1.165) is 55.9 Å². The number of aliphatic hydroxyl groups is 4. The normalized spacial score (nSPS) is 24.1. The number of carbonyl (C=O) groups is 13. The lowest BCUT2D eigenvalue weighted by atomic mass is 9.87. The zero-order valence-corrected chi connectivity index (χ0v) is 58.8. The van der Waals surface area contributed by atoms with Crippen LogP contribution < -0.4 is 53.6 Å². The highest BCUT2D eigenvalue weighted by Crippen LogP contribution is 2.29. The average molecular weight is 1400 g/mol. The second-order valence-corrected chi connectivity index (χ2v) is 25.5. The average Bonchev–Trinajstić information content (AvgIpc) is 0.801. The van der Waals surface area contributed by atoms with Gasteiger partial charge in [0.2, 0.25) is 59.1 Å². The first-order valence-corrected chi connectivity index (χ1v) is 32.6. The van der Waals surface area contributed by atoms with Crippen molar-refractivity contribution in [1.82, 2.24) is 57.7 Å². The van der Waals surface area contributed by atoms with Gasteiger partial charge in [0.15, 0.2) is 5.60 Å². The van der Waals surface area contributed by atoms with Gasteiger partial charge in [0, 0.05) is 33.7 Å². The fourth-order valence-corrected chi connectivity index (χ4v) is 10.8. The second kappa shape index (κ2) is 39.0. The van der Waals surface area contributed by atoms with Gasteiger partial charge in [0.05, 0.1) is 31.9 Å². The van der Waals surface area contributed by atoms with Crippen molar-refractivity contribution < 1.29 is 102 Å². The van der Waals surface area contributed by atoms with Crippen molar-refractivity contribution >= 4 is 76.9 Å². The lowest BCUT2D eigenvalue weighted by Gasteiger charge is -2.40. The molecule has 2 fully saturated rings. The number of rotatable bonds is 26. The molecule has 1 aromatic carbocycles. The summed E-state index contributed by atoms with van der Waals surface area (Å²) in [6, 6.07) is -8.70. The highest BCUT2D eigenvalue weighted by atomic mass is 16.5. The number of methoxy groups -OCH3 is 2. The predicted molar refractivity (Wildman–Crippen MR) is 355 cm³/mol. The number of nitrogens with zero attached hydrogens (tertiary/aromatic N) is 2. The molecule has 2 saturated heterocycles. The van der Waals surface area contributed by atoms with Crippen LogP contribution >= 0.6 is 0 Å². The smallest absolute Gasteiger partial charge is 0.329 e. The molecule has 2 aliphatic rings. The van der Waals surface area contributed by atoms with E-state index in [0.29, 0.717) is 12.8 Å². The van der Waals surface area contributed by atoms with Gasteiger partial charge < -0.3 is 103 Å². The monoisotopic (exact) mass is 1400 g/mol. The van der Waals surface area contributed by atoms with Gasteiger partial charge >= 0.3 is 5.97 Å². The summed E-state index contributed by atoms with van der Waals surface area (Å²) < 4.78 is 17.3. The van der Waals surface area contributed by atoms with Gasteiger partial charge in [-0.15, -0.1) is 0 Å². The zero-order valence-electron chi connectivity index (χ0n) is 58.8. The molecule has 0 spiro atoms. The molecule has 99 heavy (non-hydrogen) atoms. The number of hydrogen-bond donors (Lipinski definition) is 15. The number of nitrogens with two attached hydrogens (primary N) is 1. The molecule has 0 radical (unpaired) electrons. The molecular formula is C66H102N12O21. The van der Waals surface area contributed by atoms with Gasteiger partial charge in [-0.25, -0.2) is 4.79 Å². The summed E-state index contributed by atoms with van der Waals surface area (Å²) in [4.78, 5) is 186. The summed E-state index contributed by atoms with van der Waals surface area (Å²) in [6.07, 6.45) is -1.18. The van der Waals surface area contributed by atoms with Crippen molar-refractivity contribution in [2.75, 3.05) is 47.5 Å². The Kier molecular flexibility index (Phi) is 33.3. The number of likely N-dealkylation sites (N-methyl/N-ethyl adjacent to an activating group) is 1. The molecule has 0 aromatic heterocycles. The molecule has 2 heterocycles. The van der Waals surface area contributed by atoms with E-state index < -0.39 is 204 Å². The van der Waals surface area contributed by atoms with Crippen molar-refractivity contribution in [2.45, 2.75) is 193 Å². The molecule has 33 nitrogen and oxygen atoms in total. The topological polar surface area (TPSA) is 492 Å². The first kappa shape index (κ1) is 84.3. The van der Waals surface area contributed by atoms with E-state index in [1.807, 2.05) is 19.9 Å². The Labute approximate surface area is 575 Å². The number of primary amides is 1. The molecule has 16 N–H and O–H groups in total. The van der Waals surface area contributed by atoms with Crippen LogP contribution in [0.15, 0.2) is 59.8 Å². The van der Waals surface area contributed by atoms with Crippen LogP contribution in [0.1, 0.15) is 120 Å². The third kappa shape index (κ3) is 23.9. The Bertz CT molecular complexity index is 3140. The third-order valence-corrected chi connectivity index (χ3v) is 17.2. The van der Waals surface area contributed by atoms with Gasteiger partial charge in [-0.2, -0.15) is 0 Å². The number of ether oxygens (including phenoxy) is 3. The highest BCUT2D eigenvalue weighted by molar-refractivity contribution is 6.03. The number of allylic oxidation sites excluding steroid dienone is 4. The summed E-state index contributed by atoms with van der Waals surface area (Å²) in [5.74, 6) is -17.9. The molecule has 12 amide bonds. The minimum absolute atomic E-state index is 0.0856. The van der Waals surface area contributed by atoms with Crippen LogP contribution in [0.3, 0.4) is 0 Å². The molecule has 552 valence electrons. The van der Waals surface area contributed by atoms with Gasteiger partial charge in [-0.05, 0) is 96.3 Å². The molecular weight excluding hydrogens is 1300 g/mol. The van der Waals surface area contributed by atoms with Gasteiger partial charge in [-0.3, -0.25) is 57.5 Å². The minimum Gasteiger partial charge on any atom is -0.508 e. The molecule has 2 aliphatic heterocycles.